The van der Waals surface area contributed by atoms with E-state index in [0.29, 0.717) is 32.7 Å². The van der Waals surface area contributed by atoms with Crippen LogP contribution in [0, 0.1) is 5.41 Å². The van der Waals surface area contributed by atoms with Crippen LogP contribution in [0.1, 0.15) is 18.9 Å². The Bertz CT molecular complexity index is 1430. The van der Waals surface area contributed by atoms with E-state index in [2.05, 4.69) is 25.5 Å². The second kappa shape index (κ2) is 10.1. The second-order valence-electron chi connectivity index (χ2n) is 7.94. The number of carbonyl (C=O) groups excluding carboxylic acids is 1. The Morgan fingerprint density at radius 1 is 1.09 bits per heavy atom. The number of halogens is 1. The molecule has 0 saturated heterocycles. The Morgan fingerprint density at radius 3 is 2.69 bits per heavy atom. The molecule has 3 heterocycles. The number of rotatable bonds is 8. The highest BCUT2D eigenvalue weighted by Gasteiger charge is 2.27. The summed E-state index contributed by atoms with van der Waals surface area (Å²) in [5.74, 6) is 0.810. The van der Waals surface area contributed by atoms with Gasteiger partial charge in [-0.2, -0.15) is 0 Å². The van der Waals surface area contributed by atoms with Crippen molar-refractivity contribution >= 4 is 46.2 Å². The number of nitrogens with zero attached hydrogens (tertiary/aromatic N) is 6. The van der Waals surface area contributed by atoms with Gasteiger partial charge >= 0.3 is 0 Å². The Morgan fingerprint density at radius 2 is 1.91 bits per heavy atom. The van der Waals surface area contributed by atoms with Gasteiger partial charge in [-0.25, -0.2) is 9.97 Å². The molecule has 1 fully saturated rings. The van der Waals surface area contributed by atoms with Gasteiger partial charge in [-0.05, 0) is 59.7 Å². The number of nitrogens with one attached hydrogen (secondary N) is 2. The zero-order chi connectivity index (χ0) is 24.2. The van der Waals surface area contributed by atoms with Crippen LogP contribution in [0.3, 0.4) is 0 Å². The molecule has 5 rings (SSSR count). The van der Waals surface area contributed by atoms with Gasteiger partial charge in [0.2, 0.25) is 0 Å². The highest BCUT2D eigenvalue weighted by molar-refractivity contribution is 14.1. The maximum Gasteiger partial charge on any atom is 0.263 e. The van der Waals surface area contributed by atoms with Gasteiger partial charge in [0.1, 0.15) is 17.8 Å². The number of allylic oxidation sites excluding steroid dienone is 3. The Labute approximate surface area is 215 Å². The molecule has 1 amide bonds. The van der Waals surface area contributed by atoms with Crippen molar-refractivity contribution in [3.05, 3.63) is 83.1 Å². The molecule has 0 bridgehead atoms. The van der Waals surface area contributed by atoms with Gasteiger partial charge in [0.05, 0.1) is 15.6 Å². The lowest BCUT2D eigenvalue weighted by atomic mass is 10.2. The molecule has 0 atom stereocenters. The number of amides is 1. The molecule has 174 valence electrons. The maximum atomic E-state index is 12.9. The summed E-state index contributed by atoms with van der Waals surface area (Å²) in [5, 5.41) is 18.6. The maximum absolute atomic E-state index is 12.9. The minimum absolute atomic E-state index is 0.307. The van der Waals surface area contributed by atoms with E-state index in [1.807, 2.05) is 75.8 Å². The minimum atomic E-state index is -0.307. The van der Waals surface area contributed by atoms with Gasteiger partial charge < -0.3 is 19.9 Å². The number of imidazole rings is 1. The van der Waals surface area contributed by atoms with E-state index >= 15 is 0 Å². The predicted octanol–water partition coefficient (Wildman–Crippen LogP) is 4.99. The van der Waals surface area contributed by atoms with E-state index < -0.39 is 0 Å². The fourth-order valence-electron chi connectivity index (χ4n) is 3.56. The Hall–Kier alpha value is -3.93. The van der Waals surface area contributed by atoms with Crippen molar-refractivity contribution in [2.75, 3.05) is 5.32 Å². The molecule has 35 heavy (non-hydrogen) atoms. The lowest BCUT2D eigenvalue weighted by Gasteiger charge is -2.08. The summed E-state index contributed by atoms with van der Waals surface area (Å²) in [6.45, 7) is 0. The predicted molar refractivity (Wildman–Crippen MR) is 143 cm³/mol. The first kappa shape index (κ1) is 22.8. The first-order chi connectivity index (χ1) is 17.1. The topological polar surface area (TPSA) is 114 Å². The monoisotopic (exact) mass is 576 g/mol. The molecule has 0 aliphatic heterocycles. The highest BCUT2D eigenvalue weighted by atomic mass is 127. The van der Waals surface area contributed by atoms with Crippen molar-refractivity contribution < 1.29 is 4.79 Å². The van der Waals surface area contributed by atoms with E-state index in [9.17, 15) is 4.79 Å². The molecule has 0 spiro atoms. The summed E-state index contributed by atoms with van der Waals surface area (Å²) < 4.78 is 4.24. The van der Waals surface area contributed by atoms with Crippen LogP contribution in [0.15, 0.2) is 83.1 Å². The third-order valence-corrected chi connectivity index (χ3v) is 6.23. The summed E-state index contributed by atoms with van der Waals surface area (Å²) in [6, 6.07) is 15.7. The quantitative estimate of drug-likeness (QED) is 0.133. The molecule has 1 aliphatic rings. The van der Waals surface area contributed by atoms with E-state index in [-0.39, 0.29) is 5.91 Å². The fourth-order valence-corrected chi connectivity index (χ4v) is 4.02. The summed E-state index contributed by atoms with van der Waals surface area (Å²) in [4.78, 5) is 22.0. The van der Waals surface area contributed by atoms with Gasteiger partial charge in [0.25, 0.3) is 5.91 Å². The van der Waals surface area contributed by atoms with Crippen LogP contribution in [0.4, 0.5) is 5.82 Å². The largest absolute Gasteiger partial charge is 0.309 e. The molecule has 4 aromatic rings. The third kappa shape index (κ3) is 5.27. The van der Waals surface area contributed by atoms with E-state index in [0.717, 1.165) is 24.1 Å². The van der Waals surface area contributed by atoms with Crippen LogP contribution in [0.25, 0.3) is 28.5 Å². The molecule has 0 radical (unpaired) electrons. The highest BCUT2D eigenvalue weighted by Crippen LogP contribution is 2.37. The fraction of sp³-hybridized carbons (Fsp3) is 0.120. The number of hydrogen-bond donors (Lipinski definition) is 2. The van der Waals surface area contributed by atoms with Crippen molar-refractivity contribution in [3.8, 4) is 22.8 Å². The lowest BCUT2D eigenvalue weighted by Crippen LogP contribution is -2.13. The van der Waals surface area contributed by atoms with Crippen molar-refractivity contribution in [2.24, 2.45) is 0 Å². The zero-order valence-electron chi connectivity index (χ0n) is 18.5. The molecule has 10 heteroatoms. The van der Waals surface area contributed by atoms with Gasteiger partial charge in [0.15, 0.2) is 5.82 Å². The normalized spacial score (nSPS) is 14.1. The van der Waals surface area contributed by atoms with E-state index in [1.165, 1.54) is 6.21 Å². The molecule has 9 nitrogen and oxygen atoms in total. The summed E-state index contributed by atoms with van der Waals surface area (Å²) in [6.07, 6.45) is 12.0. The number of anilines is 1. The first-order valence-corrected chi connectivity index (χ1v) is 12.1. The minimum Gasteiger partial charge on any atom is -0.309 e. The van der Waals surface area contributed by atoms with Gasteiger partial charge in [0, 0.05) is 29.7 Å². The lowest BCUT2D eigenvalue weighted by molar-refractivity contribution is -0.112. The van der Waals surface area contributed by atoms with Crippen LogP contribution in [0.5, 0.6) is 0 Å². The van der Waals surface area contributed by atoms with Crippen LogP contribution in [-0.2, 0) is 4.79 Å². The average Bonchev–Trinajstić information content (AvgIpc) is 3.39. The zero-order valence-corrected chi connectivity index (χ0v) is 20.7. The second-order valence-corrected chi connectivity index (χ2v) is 9.10. The summed E-state index contributed by atoms with van der Waals surface area (Å²) in [5.41, 5.74) is 3.07. The molecule has 2 N–H and O–H groups in total. The van der Waals surface area contributed by atoms with E-state index in [1.54, 1.807) is 35.4 Å². The van der Waals surface area contributed by atoms with Crippen LogP contribution in [0.2, 0.25) is 0 Å². The molecule has 0 unspecified atom stereocenters. The Kier molecular flexibility index (Phi) is 6.62. The number of aromatic nitrogens is 6. The number of carbonyl (C=O) groups is 1. The molecule has 1 aromatic carbocycles. The third-order valence-electron chi connectivity index (χ3n) is 5.43. The molecular formula is C25H21IN8O. The first-order valence-electron chi connectivity index (χ1n) is 11.0. The van der Waals surface area contributed by atoms with Crippen LogP contribution in [-0.4, -0.2) is 41.4 Å². The molecule has 3 aromatic heterocycles. The van der Waals surface area contributed by atoms with Crippen molar-refractivity contribution in [1.82, 2.24) is 29.3 Å². The molecular weight excluding hydrogens is 555 g/mol. The standard InChI is InChI=1S/C25H21IN8O/c26-20(13-19(11-12-27)33-14-22(28-15-33)17-5-2-1-3-6-17)25(35)31-23-8-4-7-21(30-23)24-32-29-16-34(24)18-9-10-18/h1-8,11-16,18,27H,9-10H2,(H,30,31,35)/b19-11+,20-13-,27-12?. The van der Waals surface area contributed by atoms with Crippen molar-refractivity contribution in [3.63, 3.8) is 0 Å². The van der Waals surface area contributed by atoms with Gasteiger partial charge in [-0.1, -0.05) is 36.4 Å². The van der Waals surface area contributed by atoms with Crippen LogP contribution >= 0.6 is 22.6 Å². The van der Waals surface area contributed by atoms with E-state index in [4.69, 9.17) is 5.41 Å². The number of hydrogen-bond acceptors (Lipinski definition) is 6. The molecule has 1 aliphatic carbocycles. The average molecular weight is 576 g/mol. The number of pyridine rings is 1. The van der Waals surface area contributed by atoms with Gasteiger partial charge in [-0.3, -0.25) is 4.79 Å². The molecule has 1 saturated carbocycles. The summed E-state index contributed by atoms with van der Waals surface area (Å²) in [7, 11) is 0. The summed E-state index contributed by atoms with van der Waals surface area (Å²) >= 11 is 1.98. The van der Waals surface area contributed by atoms with Crippen molar-refractivity contribution in [1.29, 1.82) is 5.41 Å². The SMILES string of the molecule is N=C/C=C(\C=C(/I)C(=O)Nc1cccc(-c2nncn2C2CC2)n1)n1cnc(-c2ccccc2)c1. The number of benzene rings is 1. The Balaban J connectivity index is 1.34. The van der Waals surface area contributed by atoms with Crippen molar-refractivity contribution in [2.45, 2.75) is 18.9 Å². The van der Waals surface area contributed by atoms with Crippen LogP contribution < -0.4 is 5.32 Å². The van der Waals surface area contributed by atoms with Gasteiger partial charge in [-0.15, -0.1) is 10.2 Å². The smallest absolute Gasteiger partial charge is 0.263 e.